The van der Waals surface area contributed by atoms with Gasteiger partial charge in [-0.05, 0) is 59.8 Å². The van der Waals surface area contributed by atoms with Gasteiger partial charge in [-0.3, -0.25) is 4.90 Å². The van der Waals surface area contributed by atoms with E-state index in [4.69, 9.17) is 18.9 Å². The molecule has 158 valence electrons. The summed E-state index contributed by atoms with van der Waals surface area (Å²) in [6, 6.07) is 6.60. The first kappa shape index (κ1) is 19.1. The van der Waals surface area contributed by atoms with E-state index < -0.39 is 0 Å². The summed E-state index contributed by atoms with van der Waals surface area (Å²) in [4.78, 5) is 2.56. The largest absolute Gasteiger partial charge is 0.504 e. The van der Waals surface area contributed by atoms with Crippen LogP contribution in [0.15, 0.2) is 18.2 Å². The van der Waals surface area contributed by atoms with Crippen molar-refractivity contribution in [3.05, 3.63) is 29.3 Å². The van der Waals surface area contributed by atoms with Crippen LogP contribution in [-0.2, 0) is 13.0 Å². The second kappa shape index (κ2) is 7.13. The van der Waals surface area contributed by atoms with E-state index in [9.17, 15) is 5.11 Å². The molecule has 6 heteroatoms. The van der Waals surface area contributed by atoms with Gasteiger partial charge in [0.2, 0.25) is 5.75 Å². The lowest BCUT2D eigenvalue weighted by Crippen LogP contribution is -2.35. The van der Waals surface area contributed by atoms with E-state index in [0.717, 1.165) is 41.1 Å². The van der Waals surface area contributed by atoms with Crippen LogP contribution >= 0.6 is 0 Å². The number of ether oxygens (including phenoxy) is 4. The Morgan fingerprint density at radius 2 is 1.63 bits per heavy atom. The van der Waals surface area contributed by atoms with Crippen molar-refractivity contribution in [1.29, 1.82) is 0 Å². The normalized spacial score (nSPS) is 18.3. The fraction of sp³-hybridized carbons (Fsp3) is 0.417. The zero-order valence-electron chi connectivity index (χ0n) is 17.9. The molecule has 5 rings (SSSR count). The van der Waals surface area contributed by atoms with Crippen molar-refractivity contribution < 1.29 is 24.1 Å². The third-order valence-corrected chi connectivity index (χ3v) is 6.75. The summed E-state index contributed by atoms with van der Waals surface area (Å²) in [6.45, 7) is 1.99. The Kier molecular flexibility index (Phi) is 4.54. The van der Waals surface area contributed by atoms with Crippen LogP contribution in [0, 0.1) is 0 Å². The number of benzene rings is 3. The standard InChI is InChI=1S/C24H27NO5/c1-27-18-8-7-14-15-10-13-6-5-9-25(13)12-17(15)16-11-19(28-2)24(30-4)22(26)20(16)21(14)23(18)29-3/h7-8,11,13,26H,5-6,9-10,12H2,1-4H3. The van der Waals surface area contributed by atoms with Crippen LogP contribution in [0.5, 0.6) is 28.7 Å². The molecule has 0 saturated carbocycles. The van der Waals surface area contributed by atoms with Crippen LogP contribution in [-0.4, -0.2) is 51.0 Å². The lowest BCUT2D eigenvalue weighted by atomic mass is 9.84. The average Bonchev–Trinajstić information content (AvgIpc) is 3.24. The van der Waals surface area contributed by atoms with Crippen molar-refractivity contribution in [1.82, 2.24) is 4.90 Å². The van der Waals surface area contributed by atoms with Crippen LogP contribution in [0.2, 0.25) is 0 Å². The van der Waals surface area contributed by atoms with Gasteiger partial charge in [-0.15, -0.1) is 0 Å². The first-order valence-corrected chi connectivity index (χ1v) is 10.3. The second-order valence-electron chi connectivity index (χ2n) is 8.03. The molecule has 1 saturated heterocycles. The highest BCUT2D eigenvalue weighted by Crippen LogP contribution is 2.52. The van der Waals surface area contributed by atoms with Gasteiger partial charge in [0.15, 0.2) is 23.0 Å². The van der Waals surface area contributed by atoms with Crippen LogP contribution in [0.4, 0.5) is 0 Å². The Labute approximate surface area is 175 Å². The van der Waals surface area contributed by atoms with E-state index in [1.807, 2.05) is 12.1 Å². The van der Waals surface area contributed by atoms with E-state index in [0.29, 0.717) is 29.0 Å². The minimum atomic E-state index is 0.0646. The first-order valence-electron chi connectivity index (χ1n) is 10.3. The minimum absolute atomic E-state index is 0.0646. The van der Waals surface area contributed by atoms with Crippen molar-refractivity contribution in [2.24, 2.45) is 0 Å². The molecular weight excluding hydrogens is 382 g/mol. The maximum absolute atomic E-state index is 11.3. The van der Waals surface area contributed by atoms with E-state index in [1.165, 1.54) is 31.1 Å². The zero-order valence-corrected chi connectivity index (χ0v) is 17.9. The topological polar surface area (TPSA) is 60.4 Å². The molecule has 0 bridgehead atoms. The molecule has 1 atom stereocenters. The van der Waals surface area contributed by atoms with E-state index >= 15 is 0 Å². The Morgan fingerprint density at radius 3 is 2.33 bits per heavy atom. The van der Waals surface area contributed by atoms with Crippen molar-refractivity contribution in [3.63, 3.8) is 0 Å². The lowest BCUT2D eigenvalue weighted by molar-refractivity contribution is 0.229. The predicted molar refractivity (Wildman–Crippen MR) is 116 cm³/mol. The van der Waals surface area contributed by atoms with Crippen molar-refractivity contribution in [3.8, 4) is 28.7 Å². The van der Waals surface area contributed by atoms with Gasteiger partial charge in [0.1, 0.15) is 0 Å². The number of rotatable bonds is 4. The maximum atomic E-state index is 11.3. The highest BCUT2D eigenvalue weighted by atomic mass is 16.5. The Hall–Kier alpha value is -2.86. The number of methoxy groups -OCH3 is 4. The Morgan fingerprint density at radius 1 is 0.867 bits per heavy atom. The molecule has 3 aromatic carbocycles. The molecule has 30 heavy (non-hydrogen) atoms. The van der Waals surface area contributed by atoms with Gasteiger partial charge >= 0.3 is 0 Å². The molecule has 0 spiro atoms. The summed E-state index contributed by atoms with van der Waals surface area (Å²) in [5, 5.41) is 15.0. The molecule has 1 N–H and O–H groups in total. The Balaban J connectivity index is 1.98. The summed E-state index contributed by atoms with van der Waals surface area (Å²) in [6.07, 6.45) is 3.45. The van der Waals surface area contributed by atoms with Crippen LogP contribution < -0.4 is 18.9 Å². The summed E-state index contributed by atoms with van der Waals surface area (Å²) < 4.78 is 22.5. The highest BCUT2D eigenvalue weighted by molar-refractivity contribution is 6.18. The molecule has 2 aliphatic heterocycles. The minimum Gasteiger partial charge on any atom is -0.504 e. The van der Waals surface area contributed by atoms with E-state index in [1.54, 1.807) is 21.3 Å². The number of nitrogens with zero attached hydrogens (tertiary/aromatic N) is 1. The predicted octanol–water partition coefficient (Wildman–Crippen LogP) is 4.25. The van der Waals surface area contributed by atoms with Gasteiger partial charge in [0, 0.05) is 23.4 Å². The number of phenols is 1. The smallest absolute Gasteiger partial charge is 0.203 e. The lowest BCUT2D eigenvalue weighted by Gasteiger charge is -2.34. The fourth-order valence-corrected chi connectivity index (χ4v) is 5.41. The van der Waals surface area contributed by atoms with Crippen molar-refractivity contribution in [2.45, 2.75) is 31.8 Å². The van der Waals surface area contributed by atoms with Gasteiger partial charge in [0.05, 0.1) is 28.4 Å². The molecule has 1 fully saturated rings. The molecule has 0 aromatic heterocycles. The third-order valence-electron chi connectivity index (χ3n) is 6.75. The van der Waals surface area contributed by atoms with Gasteiger partial charge in [-0.2, -0.15) is 0 Å². The molecule has 0 radical (unpaired) electrons. The zero-order chi connectivity index (χ0) is 21.0. The summed E-state index contributed by atoms with van der Waals surface area (Å²) in [5.41, 5.74) is 2.58. The van der Waals surface area contributed by atoms with E-state index in [2.05, 4.69) is 11.0 Å². The van der Waals surface area contributed by atoms with Crippen molar-refractivity contribution >= 4 is 21.5 Å². The van der Waals surface area contributed by atoms with Gasteiger partial charge in [-0.25, -0.2) is 0 Å². The van der Waals surface area contributed by atoms with Crippen LogP contribution in [0.25, 0.3) is 21.5 Å². The fourth-order valence-electron chi connectivity index (χ4n) is 5.41. The summed E-state index contributed by atoms with van der Waals surface area (Å²) in [5.74, 6) is 2.17. The monoisotopic (exact) mass is 409 g/mol. The molecule has 0 aliphatic carbocycles. The third kappa shape index (κ3) is 2.53. The molecule has 0 amide bonds. The second-order valence-corrected chi connectivity index (χ2v) is 8.03. The molecule has 2 aliphatic rings. The molecule has 3 aromatic rings. The Bertz CT molecular complexity index is 1160. The summed E-state index contributed by atoms with van der Waals surface area (Å²) >= 11 is 0. The van der Waals surface area contributed by atoms with Gasteiger partial charge < -0.3 is 24.1 Å². The molecular formula is C24H27NO5. The van der Waals surface area contributed by atoms with Crippen molar-refractivity contribution in [2.75, 3.05) is 35.0 Å². The molecule has 1 unspecified atom stereocenters. The SMILES string of the molecule is COc1cc2c3c(c4ccc(OC)c(OC)c4c2c(O)c1OC)CC1CCCN1C3. The number of aromatic hydroxyl groups is 1. The van der Waals surface area contributed by atoms with Gasteiger partial charge in [-0.1, -0.05) is 6.07 Å². The van der Waals surface area contributed by atoms with Crippen LogP contribution in [0.1, 0.15) is 24.0 Å². The molecule has 2 heterocycles. The van der Waals surface area contributed by atoms with E-state index in [-0.39, 0.29) is 5.75 Å². The summed E-state index contributed by atoms with van der Waals surface area (Å²) in [7, 11) is 6.40. The van der Waals surface area contributed by atoms with Crippen LogP contribution in [0.3, 0.4) is 0 Å². The number of hydrogen-bond donors (Lipinski definition) is 1. The maximum Gasteiger partial charge on any atom is 0.203 e. The van der Waals surface area contributed by atoms with Gasteiger partial charge in [0.25, 0.3) is 0 Å². The quantitative estimate of drug-likeness (QED) is 0.650. The number of hydrogen-bond acceptors (Lipinski definition) is 6. The number of fused-ring (bicyclic) bond motifs is 7. The number of phenolic OH excluding ortho intramolecular Hbond substituents is 1. The highest BCUT2D eigenvalue weighted by Gasteiger charge is 2.34. The molecule has 6 nitrogen and oxygen atoms in total. The average molecular weight is 409 g/mol. The first-order chi connectivity index (χ1) is 14.6.